The molecule has 1 heterocycles. The number of ether oxygens (including phenoxy) is 1. The molecule has 0 aromatic carbocycles. The van der Waals surface area contributed by atoms with Crippen LogP contribution in [0.15, 0.2) is 0 Å². The van der Waals surface area contributed by atoms with Crippen molar-refractivity contribution >= 4 is 5.91 Å². The van der Waals surface area contributed by atoms with Gasteiger partial charge >= 0.3 is 0 Å². The Kier molecular flexibility index (Phi) is 4.95. The van der Waals surface area contributed by atoms with Crippen molar-refractivity contribution in [1.82, 2.24) is 4.90 Å². The van der Waals surface area contributed by atoms with Gasteiger partial charge in [0.1, 0.15) is 0 Å². The molecular weight excluding hydrogens is 216 g/mol. The van der Waals surface area contributed by atoms with E-state index in [2.05, 4.69) is 0 Å². The van der Waals surface area contributed by atoms with Crippen LogP contribution < -0.4 is 5.73 Å². The van der Waals surface area contributed by atoms with Gasteiger partial charge in [-0.05, 0) is 25.2 Å². The van der Waals surface area contributed by atoms with E-state index in [0.29, 0.717) is 6.10 Å². The van der Waals surface area contributed by atoms with Gasteiger partial charge in [-0.15, -0.1) is 0 Å². The van der Waals surface area contributed by atoms with Gasteiger partial charge < -0.3 is 15.4 Å². The largest absolute Gasteiger partial charge is 0.378 e. The highest BCUT2D eigenvalue weighted by Crippen LogP contribution is 2.21. The fourth-order valence-electron chi connectivity index (χ4n) is 2.05. The molecule has 17 heavy (non-hydrogen) atoms. The number of hydrogen-bond donors (Lipinski definition) is 1. The quantitative estimate of drug-likeness (QED) is 0.813. The summed E-state index contributed by atoms with van der Waals surface area (Å²) in [5.41, 5.74) is 5.82. The number of carbonyl (C=O) groups is 1. The number of likely N-dealkylation sites (tertiary alicyclic amines) is 1. The molecule has 1 fully saturated rings. The smallest absolute Gasteiger partial charge is 0.240 e. The van der Waals surface area contributed by atoms with E-state index in [1.807, 2.05) is 32.6 Å². The SMILES string of the molecule is CCOC1CCN(C(=O)C(N)C(C)(C)C)CC1. The van der Waals surface area contributed by atoms with Gasteiger partial charge in [0.25, 0.3) is 0 Å². The van der Waals surface area contributed by atoms with Crippen molar-refractivity contribution in [1.29, 1.82) is 0 Å². The monoisotopic (exact) mass is 242 g/mol. The molecule has 4 nitrogen and oxygen atoms in total. The van der Waals surface area contributed by atoms with Gasteiger partial charge in [-0.3, -0.25) is 4.79 Å². The molecule has 0 spiro atoms. The average molecular weight is 242 g/mol. The summed E-state index contributed by atoms with van der Waals surface area (Å²) in [4.78, 5) is 14.0. The maximum atomic E-state index is 12.2. The molecule has 0 aliphatic carbocycles. The van der Waals surface area contributed by atoms with Gasteiger partial charge in [0.2, 0.25) is 5.91 Å². The molecule has 1 amide bonds. The van der Waals surface area contributed by atoms with E-state index < -0.39 is 6.04 Å². The molecule has 0 saturated carbocycles. The highest BCUT2D eigenvalue weighted by atomic mass is 16.5. The van der Waals surface area contributed by atoms with Crippen molar-refractivity contribution < 1.29 is 9.53 Å². The Morgan fingerprint density at radius 3 is 2.35 bits per heavy atom. The summed E-state index contributed by atoms with van der Waals surface area (Å²) in [6.07, 6.45) is 2.17. The van der Waals surface area contributed by atoms with Gasteiger partial charge in [-0.1, -0.05) is 20.8 Å². The Labute approximate surface area is 104 Å². The lowest BCUT2D eigenvalue weighted by molar-refractivity contribution is -0.137. The molecule has 1 aliphatic rings. The third-order valence-corrected chi connectivity index (χ3v) is 3.36. The number of piperidine rings is 1. The summed E-state index contributed by atoms with van der Waals surface area (Å²) in [5.74, 6) is 0.0763. The van der Waals surface area contributed by atoms with Crippen molar-refractivity contribution in [3.05, 3.63) is 0 Å². The second kappa shape index (κ2) is 5.83. The van der Waals surface area contributed by atoms with Crippen LogP contribution in [-0.4, -0.2) is 42.6 Å². The molecule has 2 N–H and O–H groups in total. The predicted octanol–water partition coefficient (Wildman–Crippen LogP) is 1.39. The lowest BCUT2D eigenvalue weighted by Crippen LogP contribution is -2.53. The van der Waals surface area contributed by atoms with Gasteiger partial charge in [-0.25, -0.2) is 0 Å². The van der Waals surface area contributed by atoms with E-state index >= 15 is 0 Å². The van der Waals surface area contributed by atoms with E-state index in [1.54, 1.807) is 0 Å². The first-order valence-corrected chi connectivity index (χ1v) is 6.52. The van der Waals surface area contributed by atoms with Crippen LogP contribution in [0.2, 0.25) is 0 Å². The Balaban J connectivity index is 2.46. The first-order chi connectivity index (χ1) is 7.86. The van der Waals surface area contributed by atoms with Crippen molar-refractivity contribution in [2.45, 2.75) is 52.7 Å². The van der Waals surface area contributed by atoms with Crippen LogP contribution in [0.4, 0.5) is 0 Å². The molecule has 1 rings (SSSR count). The second-order valence-electron chi connectivity index (χ2n) is 5.82. The molecule has 0 radical (unpaired) electrons. The summed E-state index contributed by atoms with van der Waals surface area (Å²) in [7, 11) is 0. The predicted molar refractivity (Wildman–Crippen MR) is 68.7 cm³/mol. The minimum Gasteiger partial charge on any atom is -0.378 e. The van der Waals surface area contributed by atoms with Crippen molar-refractivity contribution in [3.63, 3.8) is 0 Å². The minimum absolute atomic E-state index is 0.0763. The number of hydrogen-bond acceptors (Lipinski definition) is 3. The van der Waals surface area contributed by atoms with Crippen LogP contribution >= 0.6 is 0 Å². The minimum atomic E-state index is -0.411. The summed E-state index contributed by atoms with van der Waals surface area (Å²) in [6.45, 7) is 10.3. The van der Waals surface area contributed by atoms with E-state index in [9.17, 15) is 4.79 Å². The fourth-order valence-corrected chi connectivity index (χ4v) is 2.05. The average Bonchev–Trinajstić information content (AvgIpc) is 2.27. The summed E-state index contributed by atoms with van der Waals surface area (Å²) in [5, 5.41) is 0. The molecule has 0 bridgehead atoms. The Morgan fingerprint density at radius 2 is 1.94 bits per heavy atom. The van der Waals surface area contributed by atoms with Crippen LogP contribution in [0, 0.1) is 5.41 Å². The third-order valence-electron chi connectivity index (χ3n) is 3.36. The van der Waals surface area contributed by atoms with Crippen LogP contribution in [0.3, 0.4) is 0 Å². The van der Waals surface area contributed by atoms with Crippen LogP contribution in [-0.2, 0) is 9.53 Å². The molecule has 0 aromatic heterocycles. The first-order valence-electron chi connectivity index (χ1n) is 6.52. The van der Waals surface area contributed by atoms with Crippen LogP contribution in [0.25, 0.3) is 0 Å². The lowest BCUT2D eigenvalue weighted by atomic mass is 9.86. The molecular formula is C13H26N2O2. The highest BCUT2D eigenvalue weighted by molar-refractivity contribution is 5.82. The molecule has 4 heteroatoms. The standard InChI is InChI=1S/C13H26N2O2/c1-5-17-10-6-8-15(9-7-10)12(16)11(14)13(2,3)4/h10-11H,5-9,14H2,1-4H3. The lowest BCUT2D eigenvalue weighted by Gasteiger charge is -2.36. The Morgan fingerprint density at radius 1 is 1.41 bits per heavy atom. The molecule has 1 unspecified atom stereocenters. The van der Waals surface area contributed by atoms with Crippen LogP contribution in [0.1, 0.15) is 40.5 Å². The van der Waals surface area contributed by atoms with E-state index in [0.717, 1.165) is 32.5 Å². The molecule has 1 aliphatic heterocycles. The zero-order valence-electron chi connectivity index (χ0n) is 11.5. The maximum absolute atomic E-state index is 12.2. The number of rotatable bonds is 3. The number of amides is 1. The zero-order chi connectivity index (χ0) is 13.1. The molecule has 100 valence electrons. The molecule has 0 aromatic rings. The van der Waals surface area contributed by atoms with E-state index in [-0.39, 0.29) is 11.3 Å². The number of nitrogens with two attached hydrogens (primary N) is 1. The maximum Gasteiger partial charge on any atom is 0.240 e. The summed E-state index contributed by atoms with van der Waals surface area (Å²) < 4.78 is 5.57. The number of carbonyl (C=O) groups excluding carboxylic acids is 1. The topological polar surface area (TPSA) is 55.6 Å². The van der Waals surface area contributed by atoms with Gasteiger partial charge in [0.05, 0.1) is 12.1 Å². The molecule has 1 atom stereocenters. The van der Waals surface area contributed by atoms with E-state index in [4.69, 9.17) is 10.5 Å². The van der Waals surface area contributed by atoms with Crippen LogP contribution in [0.5, 0.6) is 0 Å². The van der Waals surface area contributed by atoms with Crippen molar-refractivity contribution in [2.24, 2.45) is 11.1 Å². The van der Waals surface area contributed by atoms with Crippen molar-refractivity contribution in [2.75, 3.05) is 19.7 Å². The van der Waals surface area contributed by atoms with Crippen molar-refractivity contribution in [3.8, 4) is 0 Å². The second-order valence-corrected chi connectivity index (χ2v) is 5.82. The number of nitrogens with zero attached hydrogens (tertiary/aromatic N) is 1. The zero-order valence-corrected chi connectivity index (χ0v) is 11.5. The normalized spacial score (nSPS) is 20.4. The Bertz CT molecular complexity index is 253. The fraction of sp³-hybridized carbons (Fsp3) is 0.923. The van der Waals surface area contributed by atoms with Gasteiger partial charge in [0.15, 0.2) is 0 Å². The van der Waals surface area contributed by atoms with Gasteiger partial charge in [0, 0.05) is 19.7 Å². The van der Waals surface area contributed by atoms with Gasteiger partial charge in [-0.2, -0.15) is 0 Å². The summed E-state index contributed by atoms with van der Waals surface area (Å²) >= 11 is 0. The Hall–Kier alpha value is -0.610. The summed E-state index contributed by atoms with van der Waals surface area (Å²) in [6, 6.07) is -0.411. The highest BCUT2D eigenvalue weighted by Gasteiger charge is 2.32. The van der Waals surface area contributed by atoms with E-state index in [1.165, 1.54) is 0 Å². The molecule has 1 saturated heterocycles. The third kappa shape index (κ3) is 3.96. The first kappa shape index (κ1) is 14.5.